The molecule has 2 unspecified atom stereocenters. The van der Waals surface area contributed by atoms with Crippen molar-refractivity contribution in [1.29, 1.82) is 0 Å². The molecule has 1 saturated heterocycles. The van der Waals surface area contributed by atoms with Crippen LogP contribution < -0.4 is 0 Å². The summed E-state index contributed by atoms with van der Waals surface area (Å²) in [5, 5.41) is 9.27. The number of rotatable bonds is 3. The minimum absolute atomic E-state index is 0.00443. The lowest BCUT2D eigenvalue weighted by Gasteiger charge is -2.31. The predicted octanol–water partition coefficient (Wildman–Crippen LogP) is 2.47. The van der Waals surface area contributed by atoms with Gasteiger partial charge in [0.1, 0.15) is 5.75 Å². The van der Waals surface area contributed by atoms with Crippen LogP contribution in [0.4, 0.5) is 0 Å². The molecule has 112 valence electrons. The molecule has 1 aliphatic heterocycles. The highest BCUT2D eigenvalue weighted by molar-refractivity contribution is 5.98. The minimum atomic E-state index is -0.00443. The highest BCUT2D eigenvalue weighted by Gasteiger charge is 2.42. The maximum atomic E-state index is 12.4. The second-order valence-electron chi connectivity index (χ2n) is 6.33. The predicted molar refractivity (Wildman–Crippen MR) is 79.0 cm³/mol. The molecule has 2 aliphatic rings. The number of amides is 1. The largest absolute Gasteiger partial charge is 0.508 e. The zero-order valence-corrected chi connectivity index (χ0v) is 12.3. The van der Waals surface area contributed by atoms with Crippen molar-refractivity contribution < 1.29 is 14.7 Å². The molecule has 4 heteroatoms. The van der Waals surface area contributed by atoms with Crippen molar-refractivity contribution in [3.63, 3.8) is 0 Å². The molecule has 2 fully saturated rings. The number of phenols is 1. The summed E-state index contributed by atoms with van der Waals surface area (Å²) in [4.78, 5) is 26.5. The van der Waals surface area contributed by atoms with E-state index in [0.29, 0.717) is 24.6 Å². The summed E-state index contributed by atoms with van der Waals surface area (Å²) in [5.41, 5.74) is 0.647. The number of benzene rings is 1. The van der Waals surface area contributed by atoms with Crippen LogP contribution in [0.3, 0.4) is 0 Å². The third-order valence-corrected chi connectivity index (χ3v) is 4.76. The zero-order chi connectivity index (χ0) is 15.0. The fourth-order valence-electron chi connectivity index (χ4n) is 3.12. The van der Waals surface area contributed by atoms with Crippen LogP contribution in [0, 0.1) is 17.8 Å². The van der Waals surface area contributed by atoms with Crippen molar-refractivity contribution in [3.8, 4) is 5.75 Å². The first-order valence-corrected chi connectivity index (χ1v) is 7.68. The van der Waals surface area contributed by atoms with Crippen molar-refractivity contribution in [2.24, 2.45) is 17.8 Å². The molecular weight excluding hydrogens is 266 g/mol. The zero-order valence-electron chi connectivity index (χ0n) is 12.3. The molecule has 1 aromatic rings. The van der Waals surface area contributed by atoms with Gasteiger partial charge in [0.05, 0.1) is 0 Å². The normalized spacial score (nSPS) is 25.7. The molecule has 1 aliphatic carbocycles. The van der Waals surface area contributed by atoms with Crippen LogP contribution in [0.2, 0.25) is 0 Å². The lowest BCUT2D eigenvalue weighted by molar-refractivity contribution is -0.134. The number of hydrogen-bond donors (Lipinski definition) is 1. The fourth-order valence-corrected chi connectivity index (χ4v) is 3.12. The standard InChI is InChI=1S/C17H21NO3/c1-11-10-15(11)17(21)18-8-6-13(7-9-18)16(20)12-2-4-14(19)5-3-12/h2-5,11,13,15,19H,6-10H2,1H3. The van der Waals surface area contributed by atoms with E-state index in [1.165, 1.54) is 0 Å². The Kier molecular flexibility index (Phi) is 3.70. The number of ketones is 1. The summed E-state index contributed by atoms with van der Waals surface area (Å²) in [6, 6.07) is 6.42. The van der Waals surface area contributed by atoms with Crippen LogP contribution in [0.25, 0.3) is 0 Å². The Morgan fingerprint density at radius 3 is 2.24 bits per heavy atom. The third-order valence-electron chi connectivity index (χ3n) is 4.76. The number of hydrogen-bond acceptors (Lipinski definition) is 3. The second kappa shape index (κ2) is 5.51. The fraction of sp³-hybridized carbons (Fsp3) is 0.529. The van der Waals surface area contributed by atoms with Crippen LogP contribution in [-0.2, 0) is 4.79 Å². The third kappa shape index (κ3) is 2.94. The monoisotopic (exact) mass is 287 g/mol. The van der Waals surface area contributed by atoms with Crippen LogP contribution in [0.15, 0.2) is 24.3 Å². The number of carbonyl (C=O) groups is 2. The Hall–Kier alpha value is -1.84. The smallest absolute Gasteiger partial charge is 0.225 e. The van der Waals surface area contributed by atoms with Gasteiger partial charge in [-0.3, -0.25) is 9.59 Å². The van der Waals surface area contributed by atoms with E-state index in [0.717, 1.165) is 19.3 Å². The van der Waals surface area contributed by atoms with E-state index in [-0.39, 0.29) is 29.3 Å². The quantitative estimate of drug-likeness (QED) is 0.869. The Morgan fingerprint density at radius 2 is 1.71 bits per heavy atom. The van der Waals surface area contributed by atoms with E-state index in [1.54, 1.807) is 24.3 Å². The number of piperidine rings is 1. The molecule has 2 atom stereocenters. The number of likely N-dealkylation sites (tertiary alicyclic amines) is 1. The van der Waals surface area contributed by atoms with Crippen molar-refractivity contribution >= 4 is 11.7 Å². The molecule has 0 radical (unpaired) electrons. The molecule has 0 aromatic heterocycles. The Balaban J connectivity index is 1.56. The summed E-state index contributed by atoms with van der Waals surface area (Å²) in [6.07, 6.45) is 2.50. The van der Waals surface area contributed by atoms with E-state index in [9.17, 15) is 14.7 Å². The molecule has 0 bridgehead atoms. The molecule has 1 amide bonds. The van der Waals surface area contributed by atoms with E-state index < -0.39 is 0 Å². The minimum Gasteiger partial charge on any atom is -0.508 e. The average molecular weight is 287 g/mol. The maximum absolute atomic E-state index is 12.4. The number of phenolic OH excluding ortho intramolecular Hbond substituents is 1. The van der Waals surface area contributed by atoms with Gasteiger partial charge < -0.3 is 10.0 Å². The Labute approximate surface area is 124 Å². The molecule has 0 spiro atoms. The molecule has 1 N–H and O–H groups in total. The van der Waals surface area contributed by atoms with Gasteiger partial charge in [-0.2, -0.15) is 0 Å². The highest BCUT2D eigenvalue weighted by Crippen LogP contribution is 2.39. The summed E-state index contributed by atoms with van der Waals surface area (Å²) in [6.45, 7) is 3.50. The number of Topliss-reactive ketones (excluding diaryl/α,β-unsaturated/α-hetero) is 1. The first kappa shape index (κ1) is 14.1. The summed E-state index contributed by atoms with van der Waals surface area (Å²) in [7, 11) is 0. The summed E-state index contributed by atoms with van der Waals surface area (Å²) in [5.74, 6) is 1.34. The van der Waals surface area contributed by atoms with Gasteiger partial charge >= 0.3 is 0 Å². The van der Waals surface area contributed by atoms with Gasteiger partial charge in [-0.15, -0.1) is 0 Å². The van der Waals surface area contributed by atoms with Gasteiger partial charge in [0, 0.05) is 30.5 Å². The van der Waals surface area contributed by atoms with Gasteiger partial charge in [-0.25, -0.2) is 0 Å². The van der Waals surface area contributed by atoms with Crippen LogP contribution in [0.1, 0.15) is 36.5 Å². The summed E-state index contributed by atoms with van der Waals surface area (Å²) >= 11 is 0. The number of nitrogens with zero attached hydrogens (tertiary/aromatic N) is 1. The second-order valence-corrected chi connectivity index (χ2v) is 6.33. The topological polar surface area (TPSA) is 57.6 Å². The Bertz CT molecular complexity index is 544. The van der Waals surface area contributed by atoms with Crippen LogP contribution >= 0.6 is 0 Å². The Morgan fingerprint density at radius 1 is 1.14 bits per heavy atom. The SMILES string of the molecule is CC1CC1C(=O)N1CCC(C(=O)c2ccc(O)cc2)CC1. The first-order valence-electron chi connectivity index (χ1n) is 7.68. The van der Waals surface area contributed by atoms with E-state index in [2.05, 4.69) is 6.92 Å². The van der Waals surface area contributed by atoms with Crippen molar-refractivity contribution in [1.82, 2.24) is 4.90 Å². The molecule has 3 rings (SSSR count). The van der Waals surface area contributed by atoms with Crippen LogP contribution in [0.5, 0.6) is 5.75 Å². The lowest BCUT2D eigenvalue weighted by Crippen LogP contribution is -2.41. The molecule has 1 saturated carbocycles. The number of aromatic hydroxyl groups is 1. The van der Waals surface area contributed by atoms with E-state index in [1.807, 2.05) is 4.90 Å². The van der Waals surface area contributed by atoms with Gasteiger partial charge in [0.15, 0.2) is 5.78 Å². The lowest BCUT2D eigenvalue weighted by atomic mass is 9.88. The van der Waals surface area contributed by atoms with E-state index in [4.69, 9.17) is 0 Å². The van der Waals surface area contributed by atoms with Gasteiger partial charge in [0.2, 0.25) is 5.91 Å². The molecule has 1 heterocycles. The molecular formula is C17H21NO3. The highest BCUT2D eigenvalue weighted by atomic mass is 16.3. The first-order chi connectivity index (χ1) is 10.1. The van der Waals surface area contributed by atoms with Gasteiger partial charge in [-0.05, 0) is 49.4 Å². The number of carbonyl (C=O) groups excluding carboxylic acids is 2. The van der Waals surface area contributed by atoms with E-state index >= 15 is 0 Å². The van der Waals surface area contributed by atoms with Gasteiger partial charge in [-0.1, -0.05) is 6.92 Å². The van der Waals surface area contributed by atoms with Crippen molar-refractivity contribution in [2.75, 3.05) is 13.1 Å². The summed E-state index contributed by atoms with van der Waals surface area (Å²) < 4.78 is 0. The van der Waals surface area contributed by atoms with Crippen LogP contribution in [-0.4, -0.2) is 34.8 Å². The maximum Gasteiger partial charge on any atom is 0.225 e. The molecule has 4 nitrogen and oxygen atoms in total. The van der Waals surface area contributed by atoms with Gasteiger partial charge in [0.25, 0.3) is 0 Å². The van der Waals surface area contributed by atoms with Crippen molar-refractivity contribution in [2.45, 2.75) is 26.2 Å². The average Bonchev–Trinajstić information content (AvgIpc) is 3.24. The van der Waals surface area contributed by atoms with Crippen molar-refractivity contribution in [3.05, 3.63) is 29.8 Å². The molecule has 1 aromatic carbocycles. The molecule has 21 heavy (non-hydrogen) atoms.